The van der Waals surface area contributed by atoms with Crippen molar-refractivity contribution in [2.45, 2.75) is 142 Å². The second-order valence-corrected chi connectivity index (χ2v) is 13.4. The summed E-state index contributed by atoms with van der Waals surface area (Å²) < 4.78 is 37.5. The van der Waals surface area contributed by atoms with Crippen LogP contribution in [0, 0.1) is 0 Å². The van der Waals surface area contributed by atoms with Crippen molar-refractivity contribution in [3.05, 3.63) is 12.7 Å². The summed E-state index contributed by atoms with van der Waals surface area (Å²) in [4.78, 5) is 26.6. The molecule has 43 heavy (non-hydrogen) atoms. The van der Waals surface area contributed by atoms with Gasteiger partial charge in [0.05, 0.1) is 12.9 Å². The third kappa shape index (κ3) is 9.68. The Morgan fingerprint density at radius 2 is 1.53 bits per heavy atom. The zero-order chi connectivity index (χ0) is 30.5. The van der Waals surface area contributed by atoms with Gasteiger partial charge in [-0.3, -0.25) is 13.6 Å². The first-order valence-corrected chi connectivity index (χ1v) is 18.3. The molecular formula is C31H54N5O6P. The molecule has 5 atom stereocenters. The van der Waals surface area contributed by atoms with Gasteiger partial charge in [-0.25, -0.2) is 19.5 Å². The van der Waals surface area contributed by atoms with Gasteiger partial charge in [-0.1, -0.05) is 97.8 Å². The predicted octanol–water partition coefficient (Wildman–Crippen LogP) is 7.34. The zero-order valence-electron chi connectivity index (χ0n) is 26.6. The van der Waals surface area contributed by atoms with E-state index in [1.807, 2.05) is 4.57 Å². The van der Waals surface area contributed by atoms with E-state index in [1.165, 1.54) is 64.2 Å². The fourth-order valence-electron chi connectivity index (χ4n) is 6.04. The highest BCUT2D eigenvalue weighted by Gasteiger charge is 2.54. The summed E-state index contributed by atoms with van der Waals surface area (Å²) >= 11 is 0. The molecule has 0 bridgehead atoms. The molecule has 2 aliphatic heterocycles. The first-order chi connectivity index (χ1) is 21.0. The monoisotopic (exact) mass is 623 g/mol. The molecule has 2 aromatic rings. The zero-order valence-corrected chi connectivity index (χ0v) is 27.5. The molecule has 244 valence electrons. The molecule has 2 aliphatic rings. The first kappa shape index (κ1) is 34.3. The predicted molar refractivity (Wildman–Crippen MR) is 168 cm³/mol. The van der Waals surface area contributed by atoms with E-state index in [4.69, 9.17) is 28.5 Å². The molecule has 0 amide bonds. The average Bonchev–Trinajstić information content (AvgIpc) is 3.58. The maximum atomic E-state index is 12.3. The molecule has 0 radical (unpaired) electrons. The lowest BCUT2D eigenvalue weighted by Crippen LogP contribution is -2.40. The van der Waals surface area contributed by atoms with Gasteiger partial charge >= 0.3 is 7.82 Å². The van der Waals surface area contributed by atoms with Crippen LogP contribution in [0.3, 0.4) is 0 Å². The number of fused-ring (bicyclic) bond motifs is 2. The van der Waals surface area contributed by atoms with Crippen LogP contribution in [0.5, 0.6) is 0 Å². The van der Waals surface area contributed by atoms with E-state index in [0.717, 1.165) is 56.5 Å². The summed E-state index contributed by atoms with van der Waals surface area (Å²) in [7, 11) is -4.17. The molecule has 4 heterocycles. The number of phosphoric acid groups is 1. The molecule has 2 fully saturated rings. The summed E-state index contributed by atoms with van der Waals surface area (Å²) in [6.45, 7) is 9.00. The van der Waals surface area contributed by atoms with E-state index in [1.54, 1.807) is 12.7 Å². The number of phosphoric ester groups is 1. The normalized spacial score (nSPS) is 25.4. The van der Waals surface area contributed by atoms with Crippen molar-refractivity contribution in [3.8, 4) is 0 Å². The standard InChI is InChI=1S/C31H54N5O6P/c1-4-7-10-13-16-19-35(20-17-14-11-8-5-2)29-26-30(33-23-32-29)36(24-34-26)31-28(39-21-18-15-12-9-6-3)27-25(41-31)22-40-43(37,38)42-27/h23-25,27-28,31H,4-22H2,1-3H3,(H,37,38)/t25-,27-,28-,31-/m1/s1. The number of rotatable bonds is 21. The Morgan fingerprint density at radius 1 is 0.907 bits per heavy atom. The Hall–Kier alpha value is -1.62. The lowest BCUT2D eigenvalue weighted by molar-refractivity contribution is -0.0685. The highest BCUT2D eigenvalue weighted by molar-refractivity contribution is 7.47. The first-order valence-electron chi connectivity index (χ1n) is 16.8. The minimum atomic E-state index is -4.17. The maximum Gasteiger partial charge on any atom is 0.472 e. The number of ether oxygens (including phenoxy) is 2. The van der Waals surface area contributed by atoms with Gasteiger partial charge in [0.25, 0.3) is 0 Å². The van der Waals surface area contributed by atoms with Crippen molar-refractivity contribution in [3.63, 3.8) is 0 Å². The summed E-state index contributed by atoms with van der Waals surface area (Å²) in [5.41, 5.74) is 1.38. The molecular weight excluding hydrogens is 569 g/mol. The number of aromatic nitrogens is 4. The molecule has 1 unspecified atom stereocenters. The third-order valence-corrected chi connectivity index (χ3v) is 9.46. The third-order valence-electron chi connectivity index (χ3n) is 8.48. The second-order valence-electron chi connectivity index (χ2n) is 12.0. The minimum Gasteiger partial charge on any atom is -0.371 e. The molecule has 12 heteroatoms. The lowest BCUT2D eigenvalue weighted by Gasteiger charge is -2.29. The highest BCUT2D eigenvalue weighted by Crippen LogP contribution is 2.53. The van der Waals surface area contributed by atoms with Gasteiger partial charge in [-0.05, 0) is 19.3 Å². The van der Waals surface area contributed by atoms with E-state index >= 15 is 0 Å². The van der Waals surface area contributed by atoms with E-state index < -0.39 is 32.4 Å². The Balaban J connectivity index is 1.54. The number of hydrogen-bond acceptors (Lipinski definition) is 9. The molecule has 0 aliphatic carbocycles. The molecule has 0 saturated carbocycles. The maximum absolute atomic E-state index is 12.3. The number of hydrogen-bond donors (Lipinski definition) is 1. The van der Waals surface area contributed by atoms with E-state index in [-0.39, 0.29) is 6.61 Å². The number of nitrogens with zero attached hydrogens (tertiary/aromatic N) is 5. The molecule has 1 N–H and O–H groups in total. The number of imidazole rings is 1. The van der Waals surface area contributed by atoms with Gasteiger partial charge in [0, 0.05) is 19.7 Å². The van der Waals surface area contributed by atoms with Crippen LogP contribution < -0.4 is 4.90 Å². The van der Waals surface area contributed by atoms with Crippen LogP contribution in [0.2, 0.25) is 0 Å². The summed E-state index contributed by atoms with van der Waals surface area (Å²) in [5.74, 6) is 0.845. The lowest BCUT2D eigenvalue weighted by atomic mass is 10.1. The average molecular weight is 624 g/mol. The molecule has 2 aromatic heterocycles. The van der Waals surface area contributed by atoms with Crippen LogP contribution in [-0.4, -0.2) is 69.0 Å². The van der Waals surface area contributed by atoms with Crippen molar-refractivity contribution in [2.24, 2.45) is 0 Å². The summed E-state index contributed by atoms with van der Waals surface area (Å²) in [6, 6.07) is 0. The van der Waals surface area contributed by atoms with Crippen molar-refractivity contribution in [1.29, 1.82) is 0 Å². The second kappa shape index (κ2) is 17.8. The van der Waals surface area contributed by atoms with Crippen LogP contribution in [0.25, 0.3) is 11.2 Å². The largest absolute Gasteiger partial charge is 0.472 e. The van der Waals surface area contributed by atoms with Gasteiger partial charge in [-0.2, -0.15) is 0 Å². The highest BCUT2D eigenvalue weighted by atomic mass is 31.2. The van der Waals surface area contributed by atoms with Crippen LogP contribution in [0.1, 0.15) is 123 Å². The van der Waals surface area contributed by atoms with Crippen LogP contribution in [0.15, 0.2) is 12.7 Å². The van der Waals surface area contributed by atoms with Crippen molar-refractivity contribution >= 4 is 24.8 Å². The Morgan fingerprint density at radius 3 is 2.19 bits per heavy atom. The Kier molecular flexibility index (Phi) is 14.1. The fraction of sp³-hybridized carbons (Fsp3) is 0.839. The topological polar surface area (TPSA) is 121 Å². The molecule has 2 saturated heterocycles. The van der Waals surface area contributed by atoms with Gasteiger partial charge in [0.2, 0.25) is 0 Å². The summed E-state index contributed by atoms with van der Waals surface area (Å²) in [5, 5.41) is 0. The SMILES string of the molecule is CCCCCCCO[C@@H]1[C@@H]2OP(=O)(O)OC[C@H]2O[C@H]1n1cnc2c(N(CCCCCCC)CCCCCCC)ncnc21. The van der Waals surface area contributed by atoms with Gasteiger partial charge in [0.1, 0.15) is 24.6 Å². The van der Waals surface area contributed by atoms with Gasteiger partial charge < -0.3 is 19.3 Å². The van der Waals surface area contributed by atoms with Crippen molar-refractivity contribution in [2.75, 3.05) is 31.2 Å². The number of anilines is 1. The van der Waals surface area contributed by atoms with Crippen molar-refractivity contribution in [1.82, 2.24) is 19.5 Å². The summed E-state index contributed by atoms with van der Waals surface area (Å²) in [6.07, 6.45) is 18.5. The fourth-order valence-corrected chi connectivity index (χ4v) is 7.00. The smallest absolute Gasteiger partial charge is 0.371 e. The van der Waals surface area contributed by atoms with Crippen LogP contribution >= 0.6 is 7.82 Å². The van der Waals surface area contributed by atoms with Gasteiger partial charge in [-0.15, -0.1) is 0 Å². The van der Waals surface area contributed by atoms with E-state index in [2.05, 4.69) is 30.7 Å². The minimum absolute atomic E-state index is 0.0397. The van der Waals surface area contributed by atoms with Crippen LogP contribution in [-0.2, 0) is 23.1 Å². The van der Waals surface area contributed by atoms with Crippen LogP contribution in [0.4, 0.5) is 5.82 Å². The molecule has 0 spiro atoms. The van der Waals surface area contributed by atoms with E-state index in [0.29, 0.717) is 12.3 Å². The molecule has 4 rings (SSSR count). The quantitative estimate of drug-likeness (QED) is 0.112. The van der Waals surface area contributed by atoms with E-state index in [9.17, 15) is 9.46 Å². The van der Waals surface area contributed by atoms with Gasteiger partial charge in [0.15, 0.2) is 23.2 Å². The van der Waals surface area contributed by atoms with Crippen molar-refractivity contribution < 1.29 is 28.0 Å². The Bertz CT molecular complexity index is 1120. The Labute approximate surface area is 257 Å². The number of unbranched alkanes of at least 4 members (excludes halogenated alkanes) is 12. The molecule has 0 aromatic carbocycles. The molecule has 11 nitrogen and oxygen atoms in total.